The van der Waals surface area contributed by atoms with E-state index in [9.17, 15) is 16.8 Å². The van der Waals surface area contributed by atoms with Gasteiger partial charge in [0.25, 0.3) is 20.0 Å². The number of rotatable bonds is 12. The standard InChI is InChI=1S/C31H29N5O7S2/c1-4-42-26-11-7-8-12-27(26)45(39,40)36-31-28(43-25-10-6-5-9-24(25)41-3)30(33-29(34-31)22-17-19-32-20-18-22)35-44(37,38)23-15-13-21(2)14-16-23/h5-20H,4H2,1-3H3,(H2,33,34,35,36). The molecule has 12 nitrogen and oxygen atoms in total. The minimum absolute atomic E-state index is 0.0119. The molecule has 0 radical (unpaired) electrons. The Kier molecular flexibility index (Phi) is 9.16. The number of hydrogen-bond donors (Lipinski definition) is 2. The highest BCUT2D eigenvalue weighted by atomic mass is 32.2. The summed E-state index contributed by atoms with van der Waals surface area (Å²) in [5.41, 5.74) is 1.29. The van der Waals surface area contributed by atoms with Crippen LogP contribution in [0.15, 0.2) is 107 Å². The summed E-state index contributed by atoms with van der Waals surface area (Å²) in [4.78, 5) is 12.8. The van der Waals surface area contributed by atoms with Crippen molar-refractivity contribution in [2.45, 2.75) is 23.6 Å². The van der Waals surface area contributed by atoms with Crippen LogP contribution < -0.4 is 23.7 Å². The van der Waals surface area contributed by atoms with Gasteiger partial charge >= 0.3 is 0 Å². The highest BCUT2D eigenvalue weighted by Crippen LogP contribution is 2.41. The van der Waals surface area contributed by atoms with Crippen LogP contribution in [-0.2, 0) is 20.0 Å². The molecule has 2 aromatic heterocycles. The normalized spacial score (nSPS) is 11.4. The molecule has 0 atom stereocenters. The van der Waals surface area contributed by atoms with Crippen molar-refractivity contribution in [1.82, 2.24) is 15.0 Å². The molecule has 0 fully saturated rings. The summed E-state index contributed by atoms with van der Waals surface area (Å²) in [7, 11) is -7.20. The molecule has 0 spiro atoms. The van der Waals surface area contributed by atoms with Crippen LogP contribution in [0.4, 0.5) is 11.6 Å². The second kappa shape index (κ2) is 13.2. The molecule has 0 amide bonds. The molecule has 0 unspecified atom stereocenters. The van der Waals surface area contributed by atoms with Crippen molar-refractivity contribution in [2.75, 3.05) is 23.2 Å². The number of pyridine rings is 1. The lowest BCUT2D eigenvalue weighted by atomic mass is 10.2. The zero-order valence-electron chi connectivity index (χ0n) is 24.5. The molecule has 3 aromatic carbocycles. The molecule has 0 saturated carbocycles. The molecule has 0 bridgehead atoms. The fourth-order valence-electron chi connectivity index (χ4n) is 4.16. The summed E-state index contributed by atoms with van der Waals surface area (Å²) in [6.07, 6.45) is 2.99. The minimum atomic E-state index is -4.38. The third kappa shape index (κ3) is 7.13. The molecule has 0 aliphatic rings. The number of para-hydroxylation sites is 3. The first-order valence-electron chi connectivity index (χ1n) is 13.6. The first kappa shape index (κ1) is 31.2. The van der Waals surface area contributed by atoms with Crippen LogP contribution in [0.1, 0.15) is 12.5 Å². The maximum Gasteiger partial charge on any atom is 0.266 e. The van der Waals surface area contributed by atoms with Crippen LogP contribution in [0.5, 0.6) is 23.0 Å². The SMILES string of the molecule is CCOc1ccccc1S(=O)(=O)Nc1nc(-c2ccncc2)nc(NS(=O)(=O)c2ccc(C)cc2)c1Oc1ccccc1OC. The highest BCUT2D eigenvalue weighted by molar-refractivity contribution is 7.93. The monoisotopic (exact) mass is 647 g/mol. The average Bonchev–Trinajstić information content (AvgIpc) is 3.03. The van der Waals surface area contributed by atoms with Crippen molar-refractivity contribution >= 4 is 31.7 Å². The van der Waals surface area contributed by atoms with E-state index in [1.165, 1.54) is 43.8 Å². The lowest BCUT2D eigenvalue weighted by molar-refractivity contribution is 0.331. The van der Waals surface area contributed by atoms with Gasteiger partial charge in [0, 0.05) is 18.0 Å². The molecule has 14 heteroatoms. The molecule has 0 aliphatic carbocycles. The lowest BCUT2D eigenvalue weighted by Gasteiger charge is -2.19. The zero-order valence-corrected chi connectivity index (χ0v) is 26.1. The number of nitrogens with one attached hydrogen (secondary N) is 2. The van der Waals surface area contributed by atoms with Gasteiger partial charge in [0.15, 0.2) is 29.0 Å². The number of nitrogens with zero attached hydrogens (tertiary/aromatic N) is 3. The Morgan fingerprint density at radius 2 is 1.29 bits per heavy atom. The number of ether oxygens (including phenoxy) is 3. The molecular weight excluding hydrogens is 619 g/mol. The molecule has 232 valence electrons. The van der Waals surface area contributed by atoms with E-state index in [4.69, 9.17) is 14.2 Å². The quantitative estimate of drug-likeness (QED) is 0.173. The predicted molar refractivity (Wildman–Crippen MR) is 169 cm³/mol. The van der Waals surface area contributed by atoms with Gasteiger partial charge in [0.1, 0.15) is 10.6 Å². The van der Waals surface area contributed by atoms with Crippen molar-refractivity contribution in [2.24, 2.45) is 0 Å². The van der Waals surface area contributed by atoms with Crippen molar-refractivity contribution in [3.63, 3.8) is 0 Å². The highest BCUT2D eigenvalue weighted by Gasteiger charge is 2.28. The Balaban J connectivity index is 1.73. The third-order valence-electron chi connectivity index (χ3n) is 6.32. The van der Waals surface area contributed by atoms with Gasteiger partial charge < -0.3 is 14.2 Å². The number of sulfonamides is 2. The molecule has 0 aliphatic heterocycles. The smallest absolute Gasteiger partial charge is 0.266 e. The lowest BCUT2D eigenvalue weighted by Crippen LogP contribution is -2.19. The van der Waals surface area contributed by atoms with Gasteiger partial charge in [-0.15, -0.1) is 0 Å². The van der Waals surface area contributed by atoms with Crippen LogP contribution in [0.2, 0.25) is 0 Å². The van der Waals surface area contributed by atoms with Crippen LogP contribution in [0.25, 0.3) is 11.4 Å². The molecule has 2 heterocycles. The van der Waals surface area contributed by atoms with Gasteiger partial charge in [-0.25, -0.2) is 26.8 Å². The molecule has 5 rings (SSSR count). The summed E-state index contributed by atoms with van der Waals surface area (Å²) in [6.45, 7) is 3.78. The maximum atomic E-state index is 13.8. The van der Waals surface area contributed by atoms with Crippen molar-refractivity contribution < 1.29 is 31.0 Å². The Hall–Kier alpha value is -5.21. The van der Waals surface area contributed by atoms with Gasteiger partial charge in [-0.2, -0.15) is 0 Å². The van der Waals surface area contributed by atoms with Crippen LogP contribution >= 0.6 is 0 Å². The van der Waals surface area contributed by atoms with Crippen LogP contribution in [0.3, 0.4) is 0 Å². The van der Waals surface area contributed by atoms with Crippen LogP contribution in [-0.4, -0.2) is 45.5 Å². The van der Waals surface area contributed by atoms with Gasteiger partial charge in [-0.3, -0.25) is 14.4 Å². The molecule has 2 N–H and O–H groups in total. The van der Waals surface area contributed by atoms with E-state index in [2.05, 4.69) is 24.4 Å². The van der Waals surface area contributed by atoms with E-state index in [-0.39, 0.29) is 51.1 Å². The molecule has 5 aromatic rings. The zero-order chi connectivity index (χ0) is 32.0. The van der Waals surface area contributed by atoms with Gasteiger partial charge in [-0.05, 0) is 62.4 Å². The Labute approximate surface area is 261 Å². The minimum Gasteiger partial charge on any atom is -0.493 e. The van der Waals surface area contributed by atoms with Crippen LogP contribution in [0, 0.1) is 6.92 Å². The van der Waals surface area contributed by atoms with E-state index in [1.807, 2.05) is 6.92 Å². The first-order chi connectivity index (χ1) is 21.6. The van der Waals surface area contributed by atoms with Gasteiger partial charge in [-0.1, -0.05) is 42.0 Å². The van der Waals surface area contributed by atoms with Gasteiger partial charge in [0.05, 0.1) is 18.6 Å². The molecular formula is C31H29N5O7S2. The second-order valence-corrected chi connectivity index (χ2v) is 12.8. The van der Waals surface area contributed by atoms with E-state index in [1.54, 1.807) is 67.6 Å². The topological polar surface area (TPSA) is 159 Å². The largest absolute Gasteiger partial charge is 0.493 e. The van der Waals surface area contributed by atoms with Crippen molar-refractivity contribution in [3.05, 3.63) is 103 Å². The average molecular weight is 648 g/mol. The van der Waals surface area contributed by atoms with Gasteiger partial charge in [0.2, 0.25) is 5.75 Å². The number of anilines is 2. The number of methoxy groups -OCH3 is 1. The van der Waals surface area contributed by atoms with E-state index >= 15 is 0 Å². The summed E-state index contributed by atoms with van der Waals surface area (Å²) in [5.74, 6) is -0.476. The number of benzene rings is 3. The Morgan fingerprint density at radius 1 is 0.711 bits per heavy atom. The molecule has 45 heavy (non-hydrogen) atoms. The molecule has 0 saturated heterocycles. The van der Waals surface area contributed by atoms with Crippen molar-refractivity contribution in [1.29, 1.82) is 0 Å². The Morgan fingerprint density at radius 3 is 1.91 bits per heavy atom. The first-order valence-corrected chi connectivity index (χ1v) is 16.6. The maximum absolute atomic E-state index is 13.8. The number of aryl methyl sites for hydroxylation is 1. The number of hydrogen-bond acceptors (Lipinski definition) is 10. The fraction of sp³-hybridized carbons (Fsp3) is 0.129. The van der Waals surface area contributed by atoms with E-state index < -0.39 is 20.0 Å². The summed E-state index contributed by atoms with van der Waals surface area (Å²) in [5, 5.41) is 0. The van der Waals surface area contributed by atoms with E-state index in [0.29, 0.717) is 11.3 Å². The number of aromatic nitrogens is 3. The van der Waals surface area contributed by atoms with Crippen molar-refractivity contribution in [3.8, 4) is 34.4 Å². The summed E-state index contributed by atoms with van der Waals surface area (Å²) < 4.78 is 77.0. The van der Waals surface area contributed by atoms with E-state index in [0.717, 1.165) is 5.56 Å². The third-order valence-corrected chi connectivity index (χ3v) is 9.05. The fourth-order valence-corrected chi connectivity index (χ4v) is 6.32. The Bertz CT molecular complexity index is 2020. The summed E-state index contributed by atoms with van der Waals surface area (Å²) in [6, 6.07) is 22.0. The summed E-state index contributed by atoms with van der Waals surface area (Å²) >= 11 is 0. The second-order valence-electron chi connectivity index (χ2n) is 9.47. The predicted octanol–water partition coefficient (Wildman–Crippen LogP) is 5.65.